The highest BCUT2D eigenvalue weighted by atomic mass is 79.9. The Bertz CT molecular complexity index is 1230. The van der Waals surface area contributed by atoms with E-state index in [1.165, 1.54) is 11.3 Å². The van der Waals surface area contributed by atoms with E-state index in [4.69, 9.17) is 0 Å². The van der Waals surface area contributed by atoms with Gasteiger partial charge in [0, 0.05) is 48.5 Å². The topological polar surface area (TPSA) is 130 Å². The molecular weight excluding hydrogens is 602 g/mol. The van der Waals surface area contributed by atoms with Gasteiger partial charge in [0.25, 0.3) is 5.91 Å². The SMILES string of the molecule is CCNc1cc(C(=O)NC(Cc2ccccc2)C(O)CNCc2cnc(Br)s2)cc(N2CCCCS2(O)O)c1. The molecule has 1 aromatic heterocycles. The van der Waals surface area contributed by atoms with Gasteiger partial charge in [-0.05, 0) is 65.9 Å². The van der Waals surface area contributed by atoms with Crippen LogP contribution in [0.4, 0.5) is 11.4 Å². The monoisotopic (exact) mass is 637 g/mol. The quantitative estimate of drug-likeness (QED) is 0.162. The first kappa shape index (κ1) is 29.8. The third-order valence-corrected chi connectivity index (χ3v) is 9.90. The van der Waals surface area contributed by atoms with Gasteiger partial charge in [0.05, 0.1) is 23.6 Å². The maximum absolute atomic E-state index is 13.6. The summed E-state index contributed by atoms with van der Waals surface area (Å²) >= 11 is 4.89. The second kappa shape index (κ2) is 13.9. The van der Waals surface area contributed by atoms with Gasteiger partial charge >= 0.3 is 0 Å². The molecule has 0 radical (unpaired) electrons. The third-order valence-electron chi connectivity index (χ3n) is 6.49. The van der Waals surface area contributed by atoms with Crippen molar-refractivity contribution in [3.8, 4) is 0 Å². The molecule has 3 aromatic rings. The third kappa shape index (κ3) is 8.40. The Morgan fingerprint density at radius 1 is 1.21 bits per heavy atom. The van der Waals surface area contributed by atoms with Crippen molar-refractivity contribution in [1.82, 2.24) is 15.6 Å². The van der Waals surface area contributed by atoms with Gasteiger partial charge < -0.3 is 21.1 Å². The average molecular weight is 639 g/mol. The zero-order valence-corrected chi connectivity index (χ0v) is 25.1. The van der Waals surface area contributed by atoms with Crippen LogP contribution in [0.5, 0.6) is 0 Å². The number of carbonyl (C=O) groups is 1. The number of rotatable bonds is 12. The van der Waals surface area contributed by atoms with E-state index in [1.54, 1.807) is 22.6 Å². The lowest BCUT2D eigenvalue weighted by Gasteiger charge is -2.47. The summed E-state index contributed by atoms with van der Waals surface area (Å²) in [7, 11) is -2.94. The molecule has 6 N–H and O–H groups in total. The zero-order chi connectivity index (χ0) is 27.8. The number of benzene rings is 2. The fourth-order valence-electron chi connectivity index (χ4n) is 4.55. The summed E-state index contributed by atoms with van der Waals surface area (Å²) in [5, 5.41) is 20.7. The lowest BCUT2D eigenvalue weighted by Crippen LogP contribution is -2.48. The maximum Gasteiger partial charge on any atom is 0.251 e. The highest BCUT2D eigenvalue weighted by molar-refractivity contribution is 9.11. The number of halogens is 1. The molecule has 1 saturated heterocycles. The number of nitrogens with zero attached hydrogens (tertiary/aromatic N) is 2. The van der Waals surface area contributed by atoms with Crippen molar-refractivity contribution in [2.24, 2.45) is 0 Å². The molecule has 2 heterocycles. The van der Waals surface area contributed by atoms with E-state index in [2.05, 4.69) is 36.9 Å². The number of aliphatic hydroxyl groups is 1. The van der Waals surface area contributed by atoms with E-state index < -0.39 is 22.9 Å². The van der Waals surface area contributed by atoms with Gasteiger partial charge in [-0.2, -0.15) is 0 Å². The Morgan fingerprint density at radius 3 is 2.69 bits per heavy atom. The Hall–Kier alpha value is -2.19. The average Bonchev–Trinajstić information content (AvgIpc) is 3.33. The van der Waals surface area contributed by atoms with Crippen molar-refractivity contribution in [1.29, 1.82) is 0 Å². The van der Waals surface area contributed by atoms with Gasteiger partial charge in [-0.3, -0.25) is 18.2 Å². The number of aliphatic hydroxyl groups excluding tert-OH is 1. The predicted octanol–water partition coefficient (Wildman–Crippen LogP) is 5.10. The van der Waals surface area contributed by atoms with Crippen molar-refractivity contribution in [3.63, 3.8) is 0 Å². The van der Waals surface area contributed by atoms with E-state index in [0.29, 0.717) is 43.1 Å². The fraction of sp³-hybridized carbons (Fsp3) is 0.407. The molecule has 1 amide bonds. The number of anilines is 2. The largest absolute Gasteiger partial charge is 0.390 e. The molecular formula is C27H36BrN5O4S2. The summed E-state index contributed by atoms with van der Waals surface area (Å²) in [4.78, 5) is 18.8. The standard InChI is InChI=1S/C27H36BrN5O4S2/c1-2-30-21-13-20(14-22(15-21)33-10-6-7-11-39(33,36)37)26(35)32-24(12-19-8-4-3-5-9-19)25(34)18-29-16-23-17-31-27(28)38-23/h3-5,8-9,13-15,17,24-25,29-30,34,36-37H,2,6-7,10-12,16,18H2,1H3,(H,32,35). The molecule has 0 aliphatic carbocycles. The highest BCUT2D eigenvalue weighted by Crippen LogP contribution is 2.50. The minimum absolute atomic E-state index is 0.282. The minimum atomic E-state index is -2.94. The normalized spacial score (nSPS) is 17.3. The van der Waals surface area contributed by atoms with E-state index in [-0.39, 0.29) is 12.5 Å². The number of thiazole rings is 1. The minimum Gasteiger partial charge on any atom is -0.390 e. The second-order valence-electron chi connectivity index (χ2n) is 9.49. The van der Waals surface area contributed by atoms with Crippen LogP contribution in [0.15, 0.2) is 58.6 Å². The molecule has 1 aliphatic rings. The van der Waals surface area contributed by atoms with Crippen LogP contribution in [-0.4, -0.2) is 62.6 Å². The van der Waals surface area contributed by atoms with Crippen LogP contribution in [0.2, 0.25) is 0 Å². The molecule has 9 nitrogen and oxygen atoms in total. The zero-order valence-electron chi connectivity index (χ0n) is 21.8. The Kier molecular flexibility index (Phi) is 10.6. The maximum atomic E-state index is 13.6. The molecule has 212 valence electrons. The highest BCUT2D eigenvalue weighted by Gasteiger charge is 2.28. The smallest absolute Gasteiger partial charge is 0.251 e. The van der Waals surface area contributed by atoms with Crippen molar-refractivity contribution in [2.75, 3.05) is 35.0 Å². The van der Waals surface area contributed by atoms with Gasteiger partial charge in [-0.15, -0.1) is 22.1 Å². The molecule has 2 atom stereocenters. The van der Waals surface area contributed by atoms with Gasteiger partial charge in [-0.25, -0.2) is 4.98 Å². The Balaban J connectivity index is 1.53. The van der Waals surface area contributed by atoms with Gasteiger partial charge in [0.1, 0.15) is 0 Å². The molecule has 1 aliphatic heterocycles. The van der Waals surface area contributed by atoms with Crippen LogP contribution in [0.3, 0.4) is 0 Å². The number of aromatic nitrogens is 1. The number of hydrogen-bond acceptors (Lipinski definition) is 9. The van der Waals surface area contributed by atoms with Gasteiger partial charge in [-0.1, -0.05) is 30.3 Å². The molecule has 0 saturated carbocycles. The van der Waals surface area contributed by atoms with Crippen LogP contribution in [-0.2, 0) is 13.0 Å². The summed E-state index contributed by atoms with van der Waals surface area (Å²) in [6, 6.07) is 14.5. The molecule has 1 fully saturated rings. The summed E-state index contributed by atoms with van der Waals surface area (Å²) in [6.07, 6.45) is 2.99. The Morgan fingerprint density at radius 2 is 2.00 bits per heavy atom. The number of nitrogens with one attached hydrogen (secondary N) is 3. The molecule has 2 aromatic carbocycles. The van der Waals surface area contributed by atoms with Crippen LogP contribution in [0.25, 0.3) is 0 Å². The summed E-state index contributed by atoms with van der Waals surface area (Å²) in [5.41, 5.74) is 2.70. The molecule has 4 rings (SSSR count). The summed E-state index contributed by atoms with van der Waals surface area (Å²) in [5.74, 6) is -0.0209. The van der Waals surface area contributed by atoms with Crippen LogP contribution < -0.4 is 20.3 Å². The van der Waals surface area contributed by atoms with E-state index >= 15 is 0 Å². The molecule has 12 heteroatoms. The van der Waals surface area contributed by atoms with Crippen LogP contribution in [0.1, 0.15) is 40.6 Å². The van der Waals surface area contributed by atoms with Crippen LogP contribution in [0, 0.1) is 0 Å². The first-order valence-electron chi connectivity index (χ1n) is 13.0. The van der Waals surface area contributed by atoms with Crippen molar-refractivity contribution in [3.05, 3.63) is 74.6 Å². The van der Waals surface area contributed by atoms with Crippen LogP contribution >= 0.6 is 38.0 Å². The lowest BCUT2D eigenvalue weighted by molar-refractivity contribution is 0.0830. The first-order chi connectivity index (χ1) is 18.7. The first-order valence-corrected chi connectivity index (χ1v) is 16.3. The number of amides is 1. The van der Waals surface area contributed by atoms with Gasteiger partial charge in [0.15, 0.2) is 3.92 Å². The van der Waals surface area contributed by atoms with E-state index in [1.807, 2.05) is 43.3 Å². The lowest BCUT2D eigenvalue weighted by atomic mass is 10.00. The number of carbonyl (C=O) groups excluding carboxylic acids is 1. The molecule has 0 bridgehead atoms. The molecule has 2 unspecified atom stereocenters. The van der Waals surface area contributed by atoms with Crippen molar-refractivity contribution >= 4 is 55.3 Å². The van der Waals surface area contributed by atoms with E-state index in [0.717, 1.165) is 32.9 Å². The number of hydrogen-bond donors (Lipinski definition) is 6. The van der Waals surface area contributed by atoms with Crippen molar-refractivity contribution in [2.45, 2.75) is 44.9 Å². The summed E-state index contributed by atoms with van der Waals surface area (Å²) in [6.45, 7) is 3.97. The molecule has 39 heavy (non-hydrogen) atoms. The second-order valence-corrected chi connectivity index (χ2v) is 14.0. The fourth-order valence-corrected chi connectivity index (χ4v) is 7.56. The Labute approximate surface area is 243 Å². The summed E-state index contributed by atoms with van der Waals surface area (Å²) < 4.78 is 23.8. The van der Waals surface area contributed by atoms with E-state index in [9.17, 15) is 19.0 Å². The molecule has 0 spiro atoms. The van der Waals surface area contributed by atoms with Crippen molar-refractivity contribution < 1.29 is 19.0 Å². The predicted molar refractivity (Wildman–Crippen MR) is 164 cm³/mol. The van der Waals surface area contributed by atoms with Gasteiger partial charge in [0.2, 0.25) is 0 Å².